The van der Waals surface area contributed by atoms with Crippen LogP contribution >= 0.6 is 11.6 Å². The Labute approximate surface area is 109 Å². The van der Waals surface area contributed by atoms with E-state index in [1.54, 1.807) is 0 Å². The van der Waals surface area contributed by atoms with E-state index in [2.05, 4.69) is 10.6 Å². The first-order chi connectivity index (χ1) is 8.65. The molecule has 1 fully saturated rings. The molecular weight excluding hydrogens is 259 g/mol. The van der Waals surface area contributed by atoms with Crippen molar-refractivity contribution in [3.05, 3.63) is 29.0 Å². The smallest absolute Gasteiger partial charge is 0.319 e. The lowest BCUT2D eigenvalue weighted by Gasteiger charge is -2.11. The molecule has 1 unspecified atom stereocenters. The van der Waals surface area contributed by atoms with E-state index in [1.807, 2.05) is 0 Å². The van der Waals surface area contributed by atoms with Crippen LogP contribution in [0.1, 0.15) is 12.8 Å². The molecule has 0 bridgehead atoms. The van der Waals surface area contributed by atoms with Crippen molar-refractivity contribution in [2.75, 3.05) is 18.5 Å². The Morgan fingerprint density at radius 1 is 1.56 bits per heavy atom. The molecule has 0 saturated carbocycles. The molecule has 18 heavy (non-hydrogen) atoms. The average molecular weight is 273 g/mol. The normalized spacial score (nSPS) is 18.7. The molecule has 1 heterocycles. The van der Waals surface area contributed by atoms with Gasteiger partial charge in [-0.3, -0.25) is 0 Å². The minimum atomic E-state index is -0.561. The summed E-state index contributed by atoms with van der Waals surface area (Å²) in [6.45, 7) is 1.21. The summed E-state index contributed by atoms with van der Waals surface area (Å²) in [5.74, 6) is -0.561. The van der Waals surface area contributed by atoms with E-state index >= 15 is 0 Å². The number of hydrogen-bond acceptors (Lipinski definition) is 2. The monoisotopic (exact) mass is 272 g/mol. The summed E-state index contributed by atoms with van der Waals surface area (Å²) in [5, 5.41) is 5.23. The molecule has 1 atom stereocenters. The molecule has 0 spiro atoms. The summed E-state index contributed by atoms with van der Waals surface area (Å²) >= 11 is 5.54. The van der Waals surface area contributed by atoms with E-state index in [4.69, 9.17) is 16.3 Å². The zero-order valence-corrected chi connectivity index (χ0v) is 10.5. The molecule has 1 aromatic carbocycles. The summed E-state index contributed by atoms with van der Waals surface area (Å²) in [7, 11) is 0. The van der Waals surface area contributed by atoms with Crippen molar-refractivity contribution in [2.24, 2.45) is 0 Å². The SMILES string of the molecule is O=C(NCC1CCCO1)Nc1ccc(Cl)c(F)c1. The molecule has 1 aliphatic rings. The van der Waals surface area contributed by atoms with Gasteiger partial charge in [-0.25, -0.2) is 9.18 Å². The van der Waals surface area contributed by atoms with Crippen molar-refractivity contribution >= 4 is 23.3 Å². The molecule has 2 amide bonds. The zero-order chi connectivity index (χ0) is 13.0. The fourth-order valence-corrected chi connectivity index (χ4v) is 1.88. The second kappa shape index (κ2) is 6.02. The number of urea groups is 1. The maximum absolute atomic E-state index is 13.1. The van der Waals surface area contributed by atoms with Crippen LogP contribution in [-0.2, 0) is 4.74 Å². The van der Waals surface area contributed by atoms with Gasteiger partial charge >= 0.3 is 6.03 Å². The summed E-state index contributed by atoms with van der Waals surface area (Å²) < 4.78 is 18.5. The number of amides is 2. The first-order valence-electron chi connectivity index (χ1n) is 5.76. The predicted octanol–water partition coefficient (Wildman–Crippen LogP) is 2.78. The minimum Gasteiger partial charge on any atom is -0.376 e. The Bertz CT molecular complexity index is 436. The fourth-order valence-electron chi connectivity index (χ4n) is 1.76. The number of ether oxygens (including phenoxy) is 1. The molecular formula is C12H14ClFN2O2. The lowest BCUT2D eigenvalue weighted by molar-refractivity contribution is 0.112. The van der Waals surface area contributed by atoms with Crippen molar-refractivity contribution < 1.29 is 13.9 Å². The predicted molar refractivity (Wildman–Crippen MR) is 67.4 cm³/mol. The van der Waals surface area contributed by atoms with E-state index in [0.29, 0.717) is 12.2 Å². The van der Waals surface area contributed by atoms with Crippen molar-refractivity contribution in [1.82, 2.24) is 5.32 Å². The Morgan fingerprint density at radius 2 is 2.39 bits per heavy atom. The number of nitrogens with one attached hydrogen (secondary N) is 2. The number of benzene rings is 1. The van der Waals surface area contributed by atoms with Gasteiger partial charge in [0.1, 0.15) is 5.82 Å². The number of anilines is 1. The third-order valence-electron chi connectivity index (χ3n) is 2.69. The van der Waals surface area contributed by atoms with Crippen LogP contribution < -0.4 is 10.6 Å². The van der Waals surface area contributed by atoms with Crippen LogP contribution in [0.2, 0.25) is 5.02 Å². The minimum absolute atomic E-state index is 0.0281. The highest BCUT2D eigenvalue weighted by Crippen LogP contribution is 2.18. The first-order valence-corrected chi connectivity index (χ1v) is 6.14. The van der Waals surface area contributed by atoms with Crippen LogP contribution in [-0.4, -0.2) is 25.3 Å². The van der Waals surface area contributed by atoms with Gasteiger partial charge in [0.15, 0.2) is 0 Å². The highest BCUT2D eigenvalue weighted by Gasteiger charge is 2.16. The lowest BCUT2D eigenvalue weighted by atomic mass is 10.2. The first kappa shape index (κ1) is 13.1. The van der Waals surface area contributed by atoms with Crippen LogP contribution in [0.3, 0.4) is 0 Å². The largest absolute Gasteiger partial charge is 0.376 e. The summed E-state index contributed by atoms with van der Waals surface area (Å²) in [6.07, 6.45) is 2.06. The summed E-state index contributed by atoms with van der Waals surface area (Å²) in [6, 6.07) is 3.73. The van der Waals surface area contributed by atoms with E-state index in [0.717, 1.165) is 19.4 Å². The van der Waals surface area contributed by atoms with Gasteiger partial charge in [-0.05, 0) is 31.0 Å². The molecule has 1 saturated heterocycles. The van der Waals surface area contributed by atoms with Gasteiger partial charge < -0.3 is 15.4 Å². The van der Waals surface area contributed by atoms with Gasteiger partial charge in [0.05, 0.1) is 11.1 Å². The van der Waals surface area contributed by atoms with Gasteiger partial charge in [0, 0.05) is 18.8 Å². The van der Waals surface area contributed by atoms with Crippen molar-refractivity contribution in [3.8, 4) is 0 Å². The number of hydrogen-bond donors (Lipinski definition) is 2. The lowest BCUT2D eigenvalue weighted by Crippen LogP contribution is -2.35. The number of halogens is 2. The van der Waals surface area contributed by atoms with Crippen LogP contribution in [0.25, 0.3) is 0 Å². The van der Waals surface area contributed by atoms with Crippen molar-refractivity contribution in [2.45, 2.75) is 18.9 Å². The zero-order valence-electron chi connectivity index (χ0n) is 9.71. The Balaban J connectivity index is 1.80. The Kier molecular flexibility index (Phi) is 4.38. The molecule has 4 nitrogen and oxygen atoms in total. The molecule has 1 aliphatic heterocycles. The van der Waals surface area contributed by atoms with Gasteiger partial charge in [0.25, 0.3) is 0 Å². The third-order valence-corrected chi connectivity index (χ3v) is 3.00. The van der Waals surface area contributed by atoms with E-state index in [1.165, 1.54) is 18.2 Å². The molecule has 0 radical (unpaired) electrons. The Morgan fingerprint density at radius 3 is 3.06 bits per heavy atom. The third kappa shape index (κ3) is 3.58. The maximum atomic E-state index is 13.1. The van der Waals surface area contributed by atoms with Gasteiger partial charge in [-0.15, -0.1) is 0 Å². The molecule has 6 heteroatoms. The van der Waals surface area contributed by atoms with Gasteiger partial charge in [-0.2, -0.15) is 0 Å². The van der Waals surface area contributed by atoms with Crippen LogP contribution in [0.15, 0.2) is 18.2 Å². The molecule has 0 aromatic heterocycles. The summed E-state index contributed by atoms with van der Waals surface area (Å²) in [4.78, 5) is 11.5. The second-order valence-electron chi connectivity index (χ2n) is 4.10. The van der Waals surface area contributed by atoms with Crippen LogP contribution in [0.4, 0.5) is 14.9 Å². The molecule has 2 rings (SSSR count). The van der Waals surface area contributed by atoms with Gasteiger partial charge in [-0.1, -0.05) is 11.6 Å². The van der Waals surface area contributed by atoms with Crippen molar-refractivity contribution in [1.29, 1.82) is 0 Å². The standard InChI is InChI=1S/C12H14ClFN2O2/c13-10-4-3-8(6-11(10)14)16-12(17)15-7-9-2-1-5-18-9/h3-4,6,9H,1-2,5,7H2,(H2,15,16,17). The second-order valence-corrected chi connectivity index (χ2v) is 4.51. The number of carbonyl (C=O) groups excluding carboxylic acids is 1. The van der Waals surface area contributed by atoms with E-state index in [-0.39, 0.29) is 17.2 Å². The molecule has 0 aliphatic carbocycles. The fraction of sp³-hybridized carbons (Fsp3) is 0.417. The topological polar surface area (TPSA) is 50.4 Å². The van der Waals surface area contributed by atoms with E-state index < -0.39 is 5.82 Å². The highest BCUT2D eigenvalue weighted by molar-refractivity contribution is 6.30. The number of carbonyl (C=O) groups is 1. The number of rotatable bonds is 3. The highest BCUT2D eigenvalue weighted by atomic mass is 35.5. The van der Waals surface area contributed by atoms with Crippen LogP contribution in [0.5, 0.6) is 0 Å². The van der Waals surface area contributed by atoms with Crippen molar-refractivity contribution in [3.63, 3.8) is 0 Å². The van der Waals surface area contributed by atoms with Gasteiger partial charge in [0.2, 0.25) is 0 Å². The molecule has 2 N–H and O–H groups in total. The molecule has 1 aromatic rings. The van der Waals surface area contributed by atoms with Crippen LogP contribution in [0, 0.1) is 5.82 Å². The Hall–Kier alpha value is -1.33. The van der Waals surface area contributed by atoms with E-state index in [9.17, 15) is 9.18 Å². The summed E-state index contributed by atoms with van der Waals surface area (Å²) in [5.41, 5.74) is 0.363. The average Bonchev–Trinajstić information content (AvgIpc) is 2.84. The quantitative estimate of drug-likeness (QED) is 0.889. The maximum Gasteiger partial charge on any atom is 0.319 e. The molecule has 98 valence electrons.